The Balaban J connectivity index is 2.47. The van der Waals surface area contributed by atoms with E-state index in [4.69, 9.17) is 4.74 Å². The maximum Gasteiger partial charge on any atom is 0.259 e. The van der Waals surface area contributed by atoms with Crippen molar-refractivity contribution in [2.24, 2.45) is 0 Å². The van der Waals surface area contributed by atoms with Gasteiger partial charge in [-0.25, -0.2) is 0 Å². The van der Waals surface area contributed by atoms with Gasteiger partial charge in [-0.3, -0.25) is 4.79 Å². The maximum atomic E-state index is 11.2. The van der Waals surface area contributed by atoms with Crippen LogP contribution in [0.25, 0.3) is 0 Å². The van der Waals surface area contributed by atoms with Crippen molar-refractivity contribution in [1.82, 2.24) is 4.90 Å². The lowest BCUT2D eigenvalue weighted by Gasteiger charge is -2.11. The molecule has 3 heteroatoms. The van der Waals surface area contributed by atoms with E-state index >= 15 is 0 Å². The lowest BCUT2D eigenvalue weighted by molar-refractivity contribution is -0.130. The molecule has 0 bridgehead atoms. The second kappa shape index (κ2) is 5.39. The van der Waals surface area contributed by atoms with Crippen LogP contribution in [0.5, 0.6) is 5.75 Å². The third-order valence-electron chi connectivity index (χ3n) is 2.19. The second-order valence-corrected chi connectivity index (χ2v) is 3.57. The van der Waals surface area contributed by atoms with Crippen LogP contribution < -0.4 is 4.74 Å². The minimum atomic E-state index is -0.0328. The molecule has 0 aliphatic heterocycles. The Morgan fingerprint density at radius 3 is 2.33 bits per heavy atom. The molecule has 0 aliphatic carbocycles. The topological polar surface area (TPSA) is 29.5 Å². The van der Waals surface area contributed by atoms with E-state index < -0.39 is 0 Å². The van der Waals surface area contributed by atoms with Crippen LogP contribution in [0.15, 0.2) is 24.3 Å². The van der Waals surface area contributed by atoms with Gasteiger partial charge in [0.15, 0.2) is 6.61 Å². The Bertz CT molecular complexity index is 317. The third-order valence-corrected chi connectivity index (χ3v) is 2.19. The number of amides is 1. The summed E-state index contributed by atoms with van der Waals surface area (Å²) < 4.78 is 5.34. The Morgan fingerprint density at radius 1 is 1.27 bits per heavy atom. The van der Waals surface area contributed by atoms with Gasteiger partial charge in [-0.1, -0.05) is 19.1 Å². The van der Waals surface area contributed by atoms with Gasteiger partial charge in [-0.2, -0.15) is 0 Å². The van der Waals surface area contributed by atoms with Crippen molar-refractivity contribution in [3.8, 4) is 5.75 Å². The molecular formula is C12H17NO2. The van der Waals surface area contributed by atoms with Crippen molar-refractivity contribution < 1.29 is 9.53 Å². The Labute approximate surface area is 90.7 Å². The molecule has 3 nitrogen and oxygen atoms in total. The monoisotopic (exact) mass is 207 g/mol. The molecule has 1 aromatic rings. The predicted octanol–water partition coefficient (Wildman–Crippen LogP) is 1.72. The minimum Gasteiger partial charge on any atom is -0.484 e. The molecule has 0 N–H and O–H groups in total. The van der Waals surface area contributed by atoms with Gasteiger partial charge in [0, 0.05) is 14.1 Å². The first-order valence-electron chi connectivity index (χ1n) is 5.05. The summed E-state index contributed by atoms with van der Waals surface area (Å²) in [5.41, 5.74) is 1.27. The average Bonchev–Trinajstić information content (AvgIpc) is 2.26. The number of carbonyl (C=O) groups is 1. The molecule has 0 heterocycles. The highest BCUT2D eigenvalue weighted by atomic mass is 16.5. The zero-order valence-corrected chi connectivity index (χ0v) is 9.49. The number of benzene rings is 1. The molecule has 1 aromatic carbocycles. The standard InChI is InChI=1S/C12H17NO2/c1-4-10-5-7-11(8-6-10)15-9-12(14)13(2)3/h5-8H,4,9H2,1-3H3. The van der Waals surface area contributed by atoms with Gasteiger partial charge in [0.1, 0.15) is 5.75 Å². The van der Waals surface area contributed by atoms with E-state index in [1.165, 1.54) is 10.5 Å². The summed E-state index contributed by atoms with van der Waals surface area (Å²) in [5, 5.41) is 0. The Morgan fingerprint density at radius 2 is 1.87 bits per heavy atom. The normalized spacial score (nSPS) is 9.80. The Hall–Kier alpha value is -1.51. The first kappa shape index (κ1) is 11.6. The van der Waals surface area contributed by atoms with Gasteiger partial charge in [0.2, 0.25) is 0 Å². The number of hydrogen-bond acceptors (Lipinski definition) is 2. The van der Waals surface area contributed by atoms with Crippen LogP contribution in [0.3, 0.4) is 0 Å². The van der Waals surface area contributed by atoms with E-state index in [0.29, 0.717) is 0 Å². The SMILES string of the molecule is CCc1ccc(OCC(=O)N(C)C)cc1. The molecule has 0 saturated carbocycles. The van der Waals surface area contributed by atoms with Crippen molar-refractivity contribution in [2.45, 2.75) is 13.3 Å². The fourth-order valence-electron chi connectivity index (χ4n) is 1.10. The lowest BCUT2D eigenvalue weighted by Crippen LogP contribution is -2.27. The molecule has 0 unspecified atom stereocenters. The second-order valence-electron chi connectivity index (χ2n) is 3.57. The van der Waals surface area contributed by atoms with Gasteiger partial charge in [0.25, 0.3) is 5.91 Å². The van der Waals surface area contributed by atoms with E-state index in [9.17, 15) is 4.79 Å². The molecule has 0 atom stereocenters. The first-order chi connectivity index (χ1) is 7.13. The number of likely N-dealkylation sites (N-methyl/N-ethyl adjacent to an activating group) is 1. The van der Waals surface area contributed by atoms with Crippen molar-refractivity contribution in [3.63, 3.8) is 0 Å². The molecule has 1 rings (SSSR count). The molecule has 1 amide bonds. The zero-order chi connectivity index (χ0) is 11.3. The number of rotatable bonds is 4. The number of ether oxygens (including phenoxy) is 1. The zero-order valence-electron chi connectivity index (χ0n) is 9.49. The molecule has 0 aromatic heterocycles. The number of nitrogens with zero attached hydrogens (tertiary/aromatic N) is 1. The summed E-state index contributed by atoms with van der Waals surface area (Å²) in [7, 11) is 3.43. The van der Waals surface area contributed by atoms with Crippen LogP contribution in [0.1, 0.15) is 12.5 Å². The smallest absolute Gasteiger partial charge is 0.259 e. The summed E-state index contributed by atoms with van der Waals surface area (Å²) >= 11 is 0. The molecule has 0 spiro atoms. The van der Waals surface area contributed by atoms with E-state index in [1.807, 2.05) is 24.3 Å². The van der Waals surface area contributed by atoms with Crippen molar-refractivity contribution in [2.75, 3.05) is 20.7 Å². The molecular weight excluding hydrogens is 190 g/mol. The number of hydrogen-bond donors (Lipinski definition) is 0. The van der Waals surface area contributed by atoms with Crippen LogP contribution in [-0.2, 0) is 11.2 Å². The number of aryl methyl sites for hydroxylation is 1. The summed E-state index contributed by atoms with van der Waals surface area (Å²) in [6.07, 6.45) is 1.01. The quantitative estimate of drug-likeness (QED) is 0.752. The van der Waals surface area contributed by atoms with Crippen LogP contribution in [0, 0.1) is 0 Å². The first-order valence-corrected chi connectivity index (χ1v) is 5.05. The summed E-state index contributed by atoms with van der Waals surface area (Å²) in [6.45, 7) is 2.20. The molecule has 82 valence electrons. The molecule has 0 fully saturated rings. The average molecular weight is 207 g/mol. The largest absolute Gasteiger partial charge is 0.484 e. The van der Waals surface area contributed by atoms with E-state index in [-0.39, 0.29) is 12.5 Å². The summed E-state index contributed by atoms with van der Waals surface area (Å²) in [4.78, 5) is 12.8. The summed E-state index contributed by atoms with van der Waals surface area (Å²) in [5.74, 6) is 0.706. The molecule has 0 radical (unpaired) electrons. The highest BCUT2D eigenvalue weighted by Crippen LogP contribution is 2.12. The van der Waals surface area contributed by atoms with Crippen LogP contribution >= 0.6 is 0 Å². The van der Waals surface area contributed by atoms with Gasteiger partial charge in [-0.15, -0.1) is 0 Å². The highest BCUT2D eigenvalue weighted by molar-refractivity contribution is 5.77. The predicted molar refractivity (Wildman–Crippen MR) is 60.0 cm³/mol. The van der Waals surface area contributed by atoms with E-state index in [1.54, 1.807) is 14.1 Å². The molecule has 15 heavy (non-hydrogen) atoms. The van der Waals surface area contributed by atoms with Crippen LogP contribution in [0.2, 0.25) is 0 Å². The van der Waals surface area contributed by atoms with E-state index in [0.717, 1.165) is 12.2 Å². The highest BCUT2D eigenvalue weighted by Gasteiger charge is 2.04. The van der Waals surface area contributed by atoms with Crippen molar-refractivity contribution in [3.05, 3.63) is 29.8 Å². The molecule has 0 aliphatic rings. The van der Waals surface area contributed by atoms with Crippen LogP contribution in [0.4, 0.5) is 0 Å². The van der Waals surface area contributed by atoms with Gasteiger partial charge >= 0.3 is 0 Å². The van der Waals surface area contributed by atoms with Gasteiger partial charge < -0.3 is 9.64 Å². The van der Waals surface area contributed by atoms with E-state index in [2.05, 4.69) is 6.92 Å². The molecule has 0 saturated heterocycles. The lowest BCUT2D eigenvalue weighted by atomic mass is 10.2. The Kier molecular flexibility index (Phi) is 4.16. The third kappa shape index (κ3) is 3.62. The van der Waals surface area contributed by atoms with Gasteiger partial charge in [-0.05, 0) is 24.1 Å². The number of carbonyl (C=O) groups excluding carboxylic acids is 1. The minimum absolute atomic E-state index is 0.0328. The fraction of sp³-hybridized carbons (Fsp3) is 0.417. The maximum absolute atomic E-state index is 11.2. The van der Waals surface area contributed by atoms with Crippen molar-refractivity contribution in [1.29, 1.82) is 0 Å². The fourth-order valence-corrected chi connectivity index (χ4v) is 1.10. The van der Waals surface area contributed by atoms with Crippen molar-refractivity contribution >= 4 is 5.91 Å². The van der Waals surface area contributed by atoms with Gasteiger partial charge in [0.05, 0.1) is 0 Å². The summed E-state index contributed by atoms with van der Waals surface area (Å²) in [6, 6.07) is 7.80. The van der Waals surface area contributed by atoms with Crippen LogP contribution in [-0.4, -0.2) is 31.5 Å².